The van der Waals surface area contributed by atoms with Crippen molar-refractivity contribution in [3.8, 4) is 5.69 Å². The van der Waals surface area contributed by atoms with Crippen molar-refractivity contribution < 1.29 is 4.79 Å². The van der Waals surface area contributed by atoms with E-state index in [0.29, 0.717) is 11.8 Å². The zero-order valence-electron chi connectivity index (χ0n) is 16.3. The molecule has 7 heteroatoms. The minimum atomic E-state index is -0.198. The van der Waals surface area contributed by atoms with Crippen molar-refractivity contribution in [3.05, 3.63) is 46.6 Å². The standard InChI is InChI=1S/C21H29N5O2/c27-20(17-5-4-11-22-12-8-17)25-13-9-16(10-14-25)15-19-23-24-21(28)26(19)18-6-2-1-3-7-18/h1-3,6-7,16-17,22H,4-5,8-15H2,(H,24,28)/t17-/m1/s1. The lowest BCUT2D eigenvalue weighted by Gasteiger charge is -2.34. The number of hydrogen-bond acceptors (Lipinski definition) is 4. The topological polar surface area (TPSA) is 83.0 Å². The largest absolute Gasteiger partial charge is 0.347 e. The Balaban J connectivity index is 1.36. The number of para-hydroxylation sites is 1. The van der Waals surface area contributed by atoms with E-state index in [4.69, 9.17) is 0 Å². The summed E-state index contributed by atoms with van der Waals surface area (Å²) >= 11 is 0. The van der Waals surface area contributed by atoms with Crippen LogP contribution in [0.4, 0.5) is 0 Å². The van der Waals surface area contributed by atoms with Crippen LogP contribution in [0.1, 0.15) is 37.9 Å². The van der Waals surface area contributed by atoms with Crippen LogP contribution in [0, 0.1) is 11.8 Å². The molecule has 2 fully saturated rings. The summed E-state index contributed by atoms with van der Waals surface area (Å²) in [5, 5.41) is 10.2. The molecule has 3 heterocycles. The highest BCUT2D eigenvalue weighted by atomic mass is 16.2. The van der Waals surface area contributed by atoms with Crippen molar-refractivity contribution in [2.75, 3.05) is 26.2 Å². The van der Waals surface area contributed by atoms with Gasteiger partial charge in [0.1, 0.15) is 5.82 Å². The van der Waals surface area contributed by atoms with Gasteiger partial charge in [0.15, 0.2) is 0 Å². The molecule has 1 amide bonds. The highest BCUT2D eigenvalue weighted by Crippen LogP contribution is 2.25. The second kappa shape index (κ2) is 8.73. The van der Waals surface area contributed by atoms with Crippen molar-refractivity contribution in [1.82, 2.24) is 25.0 Å². The highest BCUT2D eigenvalue weighted by molar-refractivity contribution is 5.79. The summed E-state index contributed by atoms with van der Waals surface area (Å²) in [4.78, 5) is 27.1. The van der Waals surface area contributed by atoms with Crippen molar-refractivity contribution in [2.45, 2.75) is 38.5 Å². The fraction of sp³-hybridized carbons (Fsp3) is 0.571. The lowest BCUT2D eigenvalue weighted by Crippen LogP contribution is -2.42. The van der Waals surface area contributed by atoms with Crippen molar-refractivity contribution in [1.29, 1.82) is 0 Å². The summed E-state index contributed by atoms with van der Waals surface area (Å²) in [5.41, 5.74) is 0.640. The van der Waals surface area contributed by atoms with Crippen LogP contribution in [-0.4, -0.2) is 51.8 Å². The normalized spacial score (nSPS) is 21.4. The van der Waals surface area contributed by atoms with E-state index in [0.717, 1.165) is 76.2 Å². The van der Waals surface area contributed by atoms with Crippen LogP contribution in [0.2, 0.25) is 0 Å². The number of H-pyrrole nitrogens is 1. The Morgan fingerprint density at radius 1 is 1.07 bits per heavy atom. The number of benzene rings is 1. The molecule has 2 aromatic rings. The average molecular weight is 383 g/mol. The minimum absolute atomic E-state index is 0.182. The number of nitrogens with zero attached hydrogens (tertiary/aromatic N) is 3. The second-order valence-electron chi connectivity index (χ2n) is 7.97. The van der Waals surface area contributed by atoms with E-state index in [1.165, 1.54) is 0 Å². The maximum absolute atomic E-state index is 12.8. The zero-order chi connectivity index (χ0) is 19.3. The number of nitrogens with one attached hydrogen (secondary N) is 2. The summed E-state index contributed by atoms with van der Waals surface area (Å²) < 4.78 is 1.66. The molecule has 4 rings (SSSR count). The third kappa shape index (κ3) is 4.19. The van der Waals surface area contributed by atoms with E-state index in [1.807, 2.05) is 30.3 Å². The maximum Gasteiger partial charge on any atom is 0.347 e. The monoisotopic (exact) mass is 383 g/mol. The predicted molar refractivity (Wildman–Crippen MR) is 107 cm³/mol. The Bertz CT molecular complexity index is 828. The first-order valence-corrected chi connectivity index (χ1v) is 10.4. The quantitative estimate of drug-likeness (QED) is 0.842. The Hall–Kier alpha value is -2.41. The van der Waals surface area contributed by atoms with Gasteiger partial charge in [0, 0.05) is 25.4 Å². The molecule has 0 saturated carbocycles. The molecular weight excluding hydrogens is 354 g/mol. The fourth-order valence-corrected chi connectivity index (χ4v) is 4.45. The Morgan fingerprint density at radius 3 is 2.64 bits per heavy atom. The van der Waals surface area contributed by atoms with Crippen LogP contribution in [0.15, 0.2) is 35.1 Å². The number of amides is 1. The first-order valence-electron chi connectivity index (χ1n) is 10.4. The van der Waals surface area contributed by atoms with Crippen LogP contribution >= 0.6 is 0 Å². The number of rotatable bonds is 4. The first kappa shape index (κ1) is 18.9. The van der Waals surface area contributed by atoms with E-state index >= 15 is 0 Å². The summed E-state index contributed by atoms with van der Waals surface area (Å²) in [6.07, 6.45) is 5.73. The van der Waals surface area contributed by atoms with Gasteiger partial charge in [-0.3, -0.25) is 4.79 Å². The van der Waals surface area contributed by atoms with Gasteiger partial charge in [-0.25, -0.2) is 14.5 Å². The predicted octanol–water partition coefficient (Wildman–Crippen LogP) is 1.73. The van der Waals surface area contributed by atoms with Crippen molar-refractivity contribution >= 4 is 5.91 Å². The van der Waals surface area contributed by atoms with Crippen molar-refractivity contribution in [2.24, 2.45) is 11.8 Å². The Kier molecular flexibility index (Phi) is 5.90. The van der Waals surface area contributed by atoms with Gasteiger partial charge in [-0.1, -0.05) is 18.2 Å². The van der Waals surface area contributed by atoms with Gasteiger partial charge in [-0.05, 0) is 63.2 Å². The molecule has 2 N–H and O–H groups in total. The lowest BCUT2D eigenvalue weighted by molar-refractivity contribution is -0.137. The van der Waals surface area contributed by atoms with Gasteiger partial charge in [0.05, 0.1) is 5.69 Å². The highest BCUT2D eigenvalue weighted by Gasteiger charge is 2.29. The van der Waals surface area contributed by atoms with Gasteiger partial charge in [-0.2, -0.15) is 5.10 Å². The Labute approximate surface area is 165 Å². The van der Waals surface area contributed by atoms with E-state index in [2.05, 4.69) is 20.4 Å². The molecular formula is C21H29N5O2. The number of likely N-dealkylation sites (tertiary alicyclic amines) is 1. The van der Waals surface area contributed by atoms with Gasteiger partial charge >= 0.3 is 5.69 Å². The van der Waals surface area contributed by atoms with E-state index in [9.17, 15) is 9.59 Å². The molecule has 150 valence electrons. The average Bonchev–Trinajstić information content (AvgIpc) is 2.93. The number of piperidine rings is 1. The van der Waals surface area contributed by atoms with Gasteiger partial charge < -0.3 is 10.2 Å². The SMILES string of the molecule is O=C([C@@H]1CCCNCC1)N1CCC(Cc2n[nH]c(=O)n2-c2ccccc2)CC1. The van der Waals surface area contributed by atoms with Gasteiger partial charge in [-0.15, -0.1) is 0 Å². The van der Waals surface area contributed by atoms with Crippen LogP contribution in [0.25, 0.3) is 5.69 Å². The fourth-order valence-electron chi connectivity index (χ4n) is 4.45. The smallest absolute Gasteiger partial charge is 0.342 e. The van der Waals surface area contributed by atoms with Crippen LogP contribution in [0.5, 0.6) is 0 Å². The minimum Gasteiger partial charge on any atom is -0.342 e. The summed E-state index contributed by atoms with van der Waals surface area (Å²) in [7, 11) is 0. The molecule has 0 spiro atoms. The number of hydrogen-bond donors (Lipinski definition) is 2. The summed E-state index contributed by atoms with van der Waals surface area (Å²) in [6.45, 7) is 3.60. The molecule has 2 aliphatic rings. The van der Waals surface area contributed by atoms with Gasteiger partial charge in [0.2, 0.25) is 5.91 Å². The summed E-state index contributed by atoms with van der Waals surface area (Å²) in [6, 6.07) is 9.62. The molecule has 2 aliphatic heterocycles. The molecule has 0 radical (unpaired) electrons. The molecule has 0 aliphatic carbocycles. The van der Waals surface area contributed by atoms with Crippen LogP contribution in [-0.2, 0) is 11.2 Å². The summed E-state index contributed by atoms with van der Waals surface area (Å²) in [5.74, 6) is 1.73. The molecule has 28 heavy (non-hydrogen) atoms. The lowest BCUT2D eigenvalue weighted by atomic mass is 9.91. The molecule has 1 aromatic heterocycles. The Morgan fingerprint density at radius 2 is 1.86 bits per heavy atom. The first-order chi connectivity index (χ1) is 13.7. The molecule has 2 saturated heterocycles. The molecule has 7 nitrogen and oxygen atoms in total. The third-order valence-electron chi connectivity index (χ3n) is 6.08. The number of aromatic amines is 1. The zero-order valence-corrected chi connectivity index (χ0v) is 16.3. The number of aromatic nitrogens is 3. The van der Waals surface area contributed by atoms with E-state index < -0.39 is 0 Å². The third-order valence-corrected chi connectivity index (χ3v) is 6.08. The maximum atomic E-state index is 12.8. The molecule has 0 unspecified atom stereocenters. The van der Waals surface area contributed by atoms with Crippen molar-refractivity contribution in [3.63, 3.8) is 0 Å². The second-order valence-corrected chi connectivity index (χ2v) is 7.97. The van der Waals surface area contributed by atoms with Crippen LogP contribution in [0.3, 0.4) is 0 Å². The molecule has 0 bridgehead atoms. The van der Waals surface area contributed by atoms with E-state index in [-0.39, 0.29) is 11.6 Å². The van der Waals surface area contributed by atoms with Gasteiger partial charge in [0.25, 0.3) is 0 Å². The van der Waals surface area contributed by atoms with E-state index in [1.54, 1.807) is 4.57 Å². The van der Waals surface area contributed by atoms with Crippen LogP contribution < -0.4 is 11.0 Å². The number of carbonyl (C=O) groups is 1. The molecule has 1 aromatic carbocycles. The molecule has 1 atom stereocenters. The number of carbonyl (C=O) groups excluding carboxylic acids is 1.